The number of carbonyl (C=O) groups is 1. The van der Waals surface area contributed by atoms with Crippen LogP contribution in [0.3, 0.4) is 0 Å². The number of nitrogens with one attached hydrogen (secondary N) is 2. The molecule has 1 aromatic heterocycles. The molecule has 0 aliphatic carbocycles. The standard InChI is InChI=1S/C16H25N4O15P3/c17-5-1-4-13(22)18-6-2-3-10-8-20(16(24)19-15(10)23)14-7-11(21)12(33-14)9-32-37(28,29)35-38(30,31)34-36(25,26)27/h8,11-12,14,21H,1,4-7,9,17H2,(H,18,22)(H,28,29)(H,30,31)(H,19,23,24)(H2,25,26,27)/p-3/t11-,12-,14-/m1/s1. The highest BCUT2D eigenvalue weighted by Gasteiger charge is 2.37. The number of aromatic nitrogens is 2. The van der Waals surface area contributed by atoms with Gasteiger partial charge in [-0.3, -0.25) is 32.8 Å². The molecule has 22 heteroatoms. The van der Waals surface area contributed by atoms with Gasteiger partial charge in [-0.05, 0) is 13.0 Å². The lowest BCUT2D eigenvalue weighted by Gasteiger charge is -2.33. The molecule has 0 aromatic carbocycles. The monoisotopic (exact) mass is 603 g/mol. The minimum atomic E-state index is -6.11. The molecular formula is C16H22N4O15P3-3. The maximum absolute atomic E-state index is 12.2. The molecule has 1 saturated heterocycles. The number of aliphatic hydroxyl groups is 1. The highest BCUT2D eigenvalue weighted by Crippen LogP contribution is 2.61. The van der Waals surface area contributed by atoms with Crippen LogP contribution in [0.5, 0.6) is 0 Å². The third-order valence-corrected chi connectivity index (χ3v) is 8.18. The van der Waals surface area contributed by atoms with E-state index in [1.807, 2.05) is 4.98 Å². The van der Waals surface area contributed by atoms with Crippen LogP contribution in [0.25, 0.3) is 0 Å². The summed E-state index contributed by atoms with van der Waals surface area (Å²) in [7, 11) is -17.8. The van der Waals surface area contributed by atoms with E-state index in [1.165, 1.54) is 0 Å². The number of carbonyl (C=O) groups excluding carboxylic acids is 1. The quantitative estimate of drug-likeness (QED) is 0.112. The lowest BCUT2D eigenvalue weighted by Crippen LogP contribution is -2.34. The van der Waals surface area contributed by atoms with Crippen molar-refractivity contribution in [2.24, 2.45) is 5.73 Å². The van der Waals surface area contributed by atoms with Gasteiger partial charge in [-0.15, -0.1) is 0 Å². The SMILES string of the molecule is NCCCC(=O)NCC#Cc1cn([C@H]2C[C@@H](O)[C@@H](COP(=O)([O-])OP(=O)([O-])OP(=O)([O-])O)O2)c(=O)[nH]c1=O. The number of amides is 1. The second-order valence-electron chi connectivity index (χ2n) is 7.43. The van der Waals surface area contributed by atoms with Gasteiger partial charge in [0.05, 0.1) is 19.3 Å². The van der Waals surface area contributed by atoms with E-state index in [0.717, 1.165) is 10.8 Å². The molecule has 0 spiro atoms. The van der Waals surface area contributed by atoms with Crippen LogP contribution in [-0.4, -0.2) is 57.4 Å². The van der Waals surface area contributed by atoms with Crippen LogP contribution in [0.2, 0.25) is 0 Å². The van der Waals surface area contributed by atoms with Crippen molar-refractivity contribution in [1.29, 1.82) is 0 Å². The maximum atomic E-state index is 12.2. The molecule has 1 aliphatic rings. The average Bonchev–Trinajstić information content (AvgIpc) is 3.12. The molecule has 0 saturated carbocycles. The van der Waals surface area contributed by atoms with Gasteiger partial charge in [0.15, 0.2) is 0 Å². The Balaban J connectivity index is 2.05. The number of nitrogens with zero attached hydrogens (tertiary/aromatic N) is 1. The molecule has 1 aromatic rings. The molecule has 2 heterocycles. The van der Waals surface area contributed by atoms with Crippen molar-refractivity contribution in [3.8, 4) is 11.8 Å². The van der Waals surface area contributed by atoms with Crippen LogP contribution < -0.4 is 37.0 Å². The molecule has 1 fully saturated rings. The molecule has 3 unspecified atom stereocenters. The molecule has 1 amide bonds. The zero-order chi connectivity index (χ0) is 28.7. The third-order valence-electron chi connectivity index (χ3n) is 4.49. The van der Waals surface area contributed by atoms with Crippen LogP contribution in [-0.2, 0) is 36.4 Å². The number of aliphatic hydroxyl groups excluding tert-OH is 1. The van der Waals surface area contributed by atoms with Crippen molar-refractivity contribution in [3.05, 3.63) is 32.6 Å². The van der Waals surface area contributed by atoms with E-state index in [4.69, 9.17) is 15.4 Å². The number of ether oxygens (including phenoxy) is 1. The third kappa shape index (κ3) is 10.6. The zero-order valence-electron chi connectivity index (χ0n) is 19.1. The normalized spacial score (nSPS) is 23.9. The highest BCUT2D eigenvalue weighted by atomic mass is 31.3. The molecule has 6 N–H and O–H groups in total. The van der Waals surface area contributed by atoms with Gasteiger partial charge < -0.3 is 45.0 Å². The smallest absolute Gasteiger partial charge is 0.330 e. The van der Waals surface area contributed by atoms with Crippen LogP contribution in [0.4, 0.5) is 0 Å². The predicted octanol–water partition coefficient (Wildman–Crippen LogP) is -4.16. The summed E-state index contributed by atoms with van der Waals surface area (Å²) in [5.74, 6) is 4.68. The van der Waals surface area contributed by atoms with E-state index in [2.05, 4.69) is 30.3 Å². The Morgan fingerprint density at radius 1 is 1.26 bits per heavy atom. The number of rotatable bonds is 12. The number of aromatic amines is 1. The summed E-state index contributed by atoms with van der Waals surface area (Å²) < 4.78 is 50.4. The fraction of sp³-hybridized carbons (Fsp3) is 0.562. The van der Waals surface area contributed by atoms with E-state index in [9.17, 15) is 47.9 Å². The molecule has 0 radical (unpaired) electrons. The van der Waals surface area contributed by atoms with Gasteiger partial charge in [0.25, 0.3) is 29.0 Å². The minimum absolute atomic E-state index is 0.108. The highest BCUT2D eigenvalue weighted by molar-refractivity contribution is 7.65. The van der Waals surface area contributed by atoms with Gasteiger partial charge >= 0.3 is 5.69 Å². The fourth-order valence-corrected chi connectivity index (χ4v) is 5.81. The van der Waals surface area contributed by atoms with E-state index in [1.54, 1.807) is 0 Å². The first kappa shape index (κ1) is 32.2. The molecule has 1 aliphatic heterocycles. The summed E-state index contributed by atoms with van der Waals surface area (Å²) in [5.41, 5.74) is 3.27. The van der Waals surface area contributed by atoms with Crippen LogP contribution >= 0.6 is 23.5 Å². The number of phosphoric ester groups is 1. The average molecular weight is 603 g/mol. The van der Waals surface area contributed by atoms with Gasteiger partial charge in [0.2, 0.25) is 5.91 Å². The summed E-state index contributed by atoms with van der Waals surface area (Å²) in [6.45, 7) is -0.829. The molecular weight excluding hydrogens is 581 g/mol. The Morgan fingerprint density at radius 3 is 2.58 bits per heavy atom. The van der Waals surface area contributed by atoms with Crippen LogP contribution in [0, 0.1) is 11.8 Å². The van der Waals surface area contributed by atoms with Gasteiger partial charge in [-0.1, -0.05) is 11.8 Å². The number of nitrogens with two attached hydrogens (primary N) is 1. The summed E-state index contributed by atoms with van der Waals surface area (Å²) >= 11 is 0. The van der Waals surface area contributed by atoms with Crippen LogP contribution in [0.1, 0.15) is 31.1 Å². The van der Waals surface area contributed by atoms with E-state index >= 15 is 0 Å². The topological polar surface area (TPSA) is 308 Å². The molecule has 214 valence electrons. The maximum Gasteiger partial charge on any atom is 0.330 e. The molecule has 6 atom stereocenters. The first-order valence-corrected chi connectivity index (χ1v) is 14.8. The zero-order valence-corrected chi connectivity index (χ0v) is 21.8. The van der Waals surface area contributed by atoms with Crippen molar-refractivity contribution in [3.63, 3.8) is 0 Å². The van der Waals surface area contributed by atoms with Crippen LogP contribution in [0.15, 0.2) is 15.8 Å². The van der Waals surface area contributed by atoms with E-state index < -0.39 is 59.8 Å². The van der Waals surface area contributed by atoms with Gasteiger partial charge in [-0.25, -0.2) is 13.4 Å². The van der Waals surface area contributed by atoms with Crippen molar-refractivity contribution >= 4 is 29.4 Å². The number of phosphoric acid groups is 3. The molecule has 2 rings (SSSR count). The van der Waals surface area contributed by atoms with Crippen molar-refractivity contribution in [2.75, 3.05) is 19.7 Å². The minimum Gasteiger partial charge on any atom is -0.756 e. The summed E-state index contributed by atoms with van der Waals surface area (Å²) in [6.07, 6.45) is -2.84. The Kier molecular flexibility index (Phi) is 11.3. The summed E-state index contributed by atoms with van der Waals surface area (Å²) in [6, 6.07) is 0. The largest absolute Gasteiger partial charge is 0.756 e. The van der Waals surface area contributed by atoms with E-state index in [-0.39, 0.29) is 30.9 Å². The predicted molar refractivity (Wildman–Crippen MR) is 117 cm³/mol. The Labute approximate surface area is 213 Å². The Morgan fingerprint density at radius 2 is 1.95 bits per heavy atom. The number of H-pyrrole nitrogens is 1. The first-order valence-electron chi connectivity index (χ1n) is 10.4. The Hall–Kier alpha value is -2.00. The number of hydrogen-bond donors (Lipinski definition) is 5. The molecule has 0 bridgehead atoms. The summed E-state index contributed by atoms with van der Waals surface area (Å²) in [4.78, 5) is 79.5. The number of hydrogen-bond acceptors (Lipinski definition) is 15. The molecule has 19 nitrogen and oxygen atoms in total. The molecule has 38 heavy (non-hydrogen) atoms. The second-order valence-corrected chi connectivity index (χ2v) is 11.7. The van der Waals surface area contributed by atoms with Crippen molar-refractivity contribution < 1.29 is 61.1 Å². The van der Waals surface area contributed by atoms with Gasteiger partial charge in [0, 0.05) is 19.0 Å². The second kappa shape index (κ2) is 13.4. The lowest BCUT2D eigenvalue weighted by atomic mass is 10.2. The Bertz CT molecular complexity index is 1330. The summed E-state index contributed by atoms with van der Waals surface area (Å²) in [5, 5.41) is 12.6. The van der Waals surface area contributed by atoms with Gasteiger partial charge in [-0.2, -0.15) is 0 Å². The first-order chi connectivity index (χ1) is 17.5. The fourth-order valence-electron chi connectivity index (χ4n) is 2.91. The van der Waals surface area contributed by atoms with E-state index in [0.29, 0.717) is 13.0 Å². The van der Waals surface area contributed by atoms with Crippen molar-refractivity contribution in [1.82, 2.24) is 14.9 Å². The van der Waals surface area contributed by atoms with Gasteiger partial charge in [0.1, 0.15) is 17.9 Å². The lowest BCUT2D eigenvalue weighted by molar-refractivity contribution is -0.250. The van der Waals surface area contributed by atoms with Crippen molar-refractivity contribution in [2.45, 2.75) is 37.7 Å².